The molecule has 0 radical (unpaired) electrons. The number of carbonyl (C=O) groups is 2. The molecular formula is C25H37N9O3. The van der Waals surface area contributed by atoms with Crippen LogP contribution in [0, 0.1) is 29.1 Å². The summed E-state index contributed by atoms with van der Waals surface area (Å²) in [5.74, 6) is 0.308. The molecule has 1 aromatic heterocycles. The summed E-state index contributed by atoms with van der Waals surface area (Å²) in [5, 5.41) is 28.9. The van der Waals surface area contributed by atoms with Gasteiger partial charge in [-0.3, -0.25) is 30.5 Å². The van der Waals surface area contributed by atoms with E-state index in [0.29, 0.717) is 25.4 Å². The van der Waals surface area contributed by atoms with Gasteiger partial charge < -0.3 is 15.3 Å². The second-order valence-corrected chi connectivity index (χ2v) is 10.7. The third-order valence-corrected chi connectivity index (χ3v) is 8.11. The summed E-state index contributed by atoms with van der Waals surface area (Å²) in [6.45, 7) is 3.99. The fourth-order valence-corrected chi connectivity index (χ4v) is 6.12. The van der Waals surface area contributed by atoms with Gasteiger partial charge in [-0.15, -0.1) is 0 Å². The molecule has 12 nitrogen and oxygen atoms in total. The highest BCUT2D eigenvalue weighted by Gasteiger charge is 2.45. The van der Waals surface area contributed by atoms with Crippen LogP contribution >= 0.6 is 0 Å². The average Bonchev–Trinajstić information content (AvgIpc) is 2.89. The van der Waals surface area contributed by atoms with Crippen molar-refractivity contribution in [1.82, 2.24) is 31.4 Å². The Bertz CT molecular complexity index is 992. The van der Waals surface area contributed by atoms with E-state index in [2.05, 4.69) is 47.7 Å². The lowest BCUT2D eigenvalue weighted by atomic mass is 9.90. The van der Waals surface area contributed by atoms with Crippen molar-refractivity contribution >= 4 is 23.4 Å². The predicted octanol–water partition coefficient (Wildman–Crippen LogP) is 0.232. The van der Waals surface area contributed by atoms with E-state index in [1.54, 1.807) is 6.20 Å². The van der Waals surface area contributed by atoms with Crippen molar-refractivity contribution in [3.8, 4) is 6.07 Å². The smallest absolute Gasteiger partial charge is 0.303 e. The Kier molecular flexibility index (Phi) is 8.05. The van der Waals surface area contributed by atoms with Crippen LogP contribution < -0.4 is 31.7 Å². The molecule has 6 N–H and O–H groups in total. The van der Waals surface area contributed by atoms with Gasteiger partial charge in [-0.1, -0.05) is 0 Å². The number of amides is 1. The lowest BCUT2D eigenvalue weighted by Gasteiger charge is -2.49. The van der Waals surface area contributed by atoms with Gasteiger partial charge in [-0.2, -0.15) is 5.26 Å². The van der Waals surface area contributed by atoms with Crippen molar-refractivity contribution in [3.63, 3.8) is 0 Å². The lowest BCUT2D eigenvalue weighted by Crippen LogP contribution is -2.77. The Hall–Kier alpha value is -2.98. The van der Waals surface area contributed by atoms with Crippen molar-refractivity contribution in [2.24, 2.45) is 17.8 Å². The summed E-state index contributed by atoms with van der Waals surface area (Å²) in [4.78, 5) is 33.1. The van der Waals surface area contributed by atoms with Gasteiger partial charge in [-0.05, 0) is 49.7 Å². The van der Waals surface area contributed by atoms with Crippen molar-refractivity contribution in [3.05, 3.63) is 18.3 Å². The van der Waals surface area contributed by atoms with Crippen molar-refractivity contribution in [2.45, 2.75) is 57.0 Å². The molecule has 4 aliphatic rings. The molecule has 5 unspecified atom stereocenters. The quantitative estimate of drug-likeness (QED) is 0.298. The van der Waals surface area contributed by atoms with E-state index in [1.807, 2.05) is 12.1 Å². The van der Waals surface area contributed by atoms with E-state index in [1.165, 1.54) is 0 Å². The summed E-state index contributed by atoms with van der Waals surface area (Å²) in [5.41, 5.74) is 6.58. The van der Waals surface area contributed by atoms with Gasteiger partial charge in [0.05, 0.1) is 30.0 Å². The molecule has 5 atom stereocenters. The number of hydrogen-bond acceptors (Lipinski definition) is 10. The zero-order chi connectivity index (χ0) is 25.8. The second kappa shape index (κ2) is 11.6. The van der Waals surface area contributed by atoms with Crippen LogP contribution in [0.4, 0.5) is 11.5 Å². The summed E-state index contributed by atoms with van der Waals surface area (Å²) >= 11 is 0. The highest BCUT2D eigenvalue weighted by atomic mass is 16.4. The van der Waals surface area contributed by atoms with Gasteiger partial charge in [0.15, 0.2) is 0 Å². The number of aliphatic carboxylic acids is 1. The minimum atomic E-state index is -0.751. The van der Waals surface area contributed by atoms with E-state index in [9.17, 15) is 9.59 Å². The van der Waals surface area contributed by atoms with Gasteiger partial charge in [0.25, 0.3) is 0 Å². The average molecular weight is 512 g/mol. The first-order valence-corrected chi connectivity index (χ1v) is 13.4. The van der Waals surface area contributed by atoms with Crippen LogP contribution in [0.3, 0.4) is 0 Å². The maximum atomic E-state index is 12.8. The van der Waals surface area contributed by atoms with Crippen LogP contribution in [-0.4, -0.2) is 78.1 Å². The number of carbonyl (C=O) groups excluding carboxylic acids is 1. The molecule has 0 bridgehead atoms. The molecule has 1 amide bonds. The third-order valence-electron chi connectivity index (χ3n) is 8.11. The molecule has 12 heteroatoms. The first-order valence-electron chi connectivity index (χ1n) is 13.4. The molecule has 5 heterocycles. The number of hydrazine groups is 1. The maximum Gasteiger partial charge on any atom is 0.303 e. The number of hydrogen-bond donors (Lipinski definition) is 6. The number of pyridine rings is 1. The van der Waals surface area contributed by atoms with Gasteiger partial charge in [0, 0.05) is 51.6 Å². The van der Waals surface area contributed by atoms with Crippen molar-refractivity contribution in [1.29, 1.82) is 5.26 Å². The van der Waals surface area contributed by atoms with E-state index in [0.717, 1.165) is 56.8 Å². The summed E-state index contributed by atoms with van der Waals surface area (Å²) in [6, 6.07) is 6.19. The number of fused-ring (bicyclic) bond motifs is 1. The van der Waals surface area contributed by atoms with Crippen LogP contribution in [0.25, 0.3) is 0 Å². The fraction of sp³-hybridized carbons (Fsp3) is 0.680. The number of rotatable bonds is 7. The molecule has 0 spiro atoms. The number of nitrogens with one attached hydrogen (secondary N) is 5. The van der Waals surface area contributed by atoms with Gasteiger partial charge in [-0.25, -0.2) is 10.4 Å². The topological polar surface area (TPSA) is 158 Å². The van der Waals surface area contributed by atoms with Crippen molar-refractivity contribution < 1.29 is 14.7 Å². The predicted molar refractivity (Wildman–Crippen MR) is 137 cm³/mol. The minimum absolute atomic E-state index is 0.0407. The Balaban J connectivity index is 1.24. The number of aromatic nitrogens is 1. The number of nitriles is 1. The normalized spacial score (nSPS) is 31.2. The largest absolute Gasteiger partial charge is 0.481 e. The molecular weight excluding hydrogens is 474 g/mol. The SMILES string of the molecule is N#CCC1CCN(C2NC3CNNC(=O)C3C(Nc3ccc(N4CCCC(CC(=O)O)C4)nc3)N2)CC1. The van der Waals surface area contributed by atoms with Gasteiger partial charge >= 0.3 is 5.97 Å². The molecule has 37 heavy (non-hydrogen) atoms. The van der Waals surface area contributed by atoms with E-state index < -0.39 is 5.97 Å². The minimum Gasteiger partial charge on any atom is -0.481 e. The Labute approximate surface area is 217 Å². The maximum absolute atomic E-state index is 12.8. The molecule has 5 rings (SSSR count). The monoisotopic (exact) mass is 511 g/mol. The molecule has 4 saturated heterocycles. The Morgan fingerprint density at radius 3 is 2.76 bits per heavy atom. The fourth-order valence-electron chi connectivity index (χ4n) is 6.12. The molecule has 0 aliphatic carbocycles. The molecule has 0 saturated carbocycles. The standard InChI is InChI=1S/C25H37N9O3/c26-8-5-16-6-10-33(11-7-16)25-30-19-14-28-32-24(37)22(19)23(31-25)29-18-3-4-20(27-13-18)34-9-1-2-17(15-34)12-21(35)36/h3-4,13,16-17,19,22-23,25,28-31H,1-2,5-7,9-12,14-15H2,(H,32,37)(H,35,36). The molecule has 1 aromatic rings. The van der Waals surface area contributed by atoms with Crippen LogP contribution in [0.1, 0.15) is 38.5 Å². The molecule has 200 valence electrons. The number of nitrogens with zero attached hydrogens (tertiary/aromatic N) is 4. The Morgan fingerprint density at radius 2 is 2.03 bits per heavy atom. The van der Waals surface area contributed by atoms with Crippen LogP contribution in [0.2, 0.25) is 0 Å². The first kappa shape index (κ1) is 25.7. The molecule has 0 aromatic carbocycles. The van der Waals surface area contributed by atoms with Crippen LogP contribution in [-0.2, 0) is 9.59 Å². The van der Waals surface area contributed by atoms with E-state index >= 15 is 0 Å². The number of likely N-dealkylation sites (tertiary alicyclic amines) is 1. The highest BCUT2D eigenvalue weighted by Crippen LogP contribution is 2.27. The summed E-state index contributed by atoms with van der Waals surface area (Å²) in [7, 11) is 0. The number of carboxylic acid groups (broad SMARTS) is 1. The summed E-state index contributed by atoms with van der Waals surface area (Å²) < 4.78 is 0. The zero-order valence-electron chi connectivity index (χ0n) is 21.0. The van der Waals surface area contributed by atoms with Gasteiger partial charge in [0.2, 0.25) is 5.91 Å². The molecule has 4 fully saturated rings. The number of carboxylic acids is 1. The first-order chi connectivity index (χ1) is 18.0. The highest BCUT2D eigenvalue weighted by molar-refractivity contribution is 5.81. The van der Waals surface area contributed by atoms with E-state index in [4.69, 9.17) is 10.4 Å². The second-order valence-electron chi connectivity index (χ2n) is 10.7. The van der Waals surface area contributed by atoms with E-state index in [-0.39, 0.29) is 42.7 Å². The molecule has 4 aliphatic heterocycles. The van der Waals surface area contributed by atoms with Crippen LogP contribution in [0.15, 0.2) is 18.3 Å². The number of piperidine rings is 2. The van der Waals surface area contributed by atoms with Crippen LogP contribution in [0.5, 0.6) is 0 Å². The zero-order valence-corrected chi connectivity index (χ0v) is 21.0. The Morgan fingerprint density at radius 1 is 1.19 bits per heavy atom. The third kappa shape index (κ3) is 6.13. The van der Waals surface area contributed by atoms with Crippen molar-refractivity contribution in [2.75, 3.05) is 42.9 Å². The lowest BCUT2D eigenvalue weighted by molar-refractivity contribution is -0.138. The summed E-state index contributed by atoms with van der Waals surface area (Å²) in [6.07, 6.45) is 6.09. The number of anilines is 2. The van der Waals surface area contributed by atoms with Gasteiger partial charge in [0.1, 0.15) is 12.1 Å².